The van der Waals surface area contributed by atoms with Crippen LogP contribution in [0.25, 0.3) is 0 Å². The number of methoxy groups -OCH3 is 1. The summed E-state index contributed by atoms with van der Waals surface area (Å²) in [6.45, 7) is 6.33. The lowest BCUT2D eigenvalue weighted by Crippen LogP contribution is -2.50. The molecule has 0 aromatic heterocycles. The molecular formula is C19H27NO4. The van der Waals surface area contributed by atoms with Crippen LogP contribution in [0.5, 0.6) is 0 Å². The lowest BCUT2D eigenvalue weighted by atomic mass is 10.1. The molecule has 0 radical (unpaired) electrons. The minimum absolute atomic E-state index is 0.0222. The van der Waals surface area contributed by atoms with Crippen LogP contribution in [-0.4, -0.2) is 45.0 Å². The fourth-order valence-electron chi connectivity index (χ4n) is 2.56. The molecule has 2 rings (SSSR count). The van der Waals surface area contributed by atoms with Crippen molar-refractivity contribution in [2.75, 3.05) is 26.9 Å². The lowest BCUT2D eigenvalue weighted by Gasteiger charge is -2.31. The van der Waals surface area contributed by atoms with Gasteiger partial charge >= 0.3 is 0 Å². The van der Waals surface area contributed by atoms with E-state index in [9.17, 15) is 4.79 Å². The Hall–Kier alpha value is -1.69. The van der Waals surface area contributed by atoms with Crippen molar-refractivity contribution in [3.05, 3.63) is 47.0 Å². The molecule has 132 valence electrons. The molecule has 1 aromatic carbocycles. The third kappa shape index (κ3) is 5.74. The number of rotatable bonds is 7. The molecule has 1 fully saturated rings. The first-order chi connectivity index (χ1) is 11.6. The predicted octanol–water partition coefficient (Wildman–Crippen LogP) is 2.70. The summed E-state index contributed by atoms with van der Waals surface area (Å²) in [7, 11) is 1.65. The second kappa shape index (κ2) is 9.57. The number of nitrogens with one attached hydrogen (secondary N) is 1. The summed E-state index contributed by atoms with van der Waals surface area (Å²) in [6.07, 6.45) is 2.81. The quantitative estimate of drug-likeness (QED) is 0.780. The van der Waals surface area contributed by atoms with Gasteiger partial charge in [0.25, 0.3) is 5.91 Å². The van der Waals surface area contributed by atoms with Crippen molar-refractivity contribution >= 4 is 5.91 Å². The second-order valence-corrected chi connectivity index (χ2v) is 6.23. The van der Waals surface area contributed by atoms with E-state index in [-0.39, 0.29) is 18.1 Å². The third-order valence-corrected chi connectivity index (χ3v) is 3.94. The van der Waals surface area contributed by atoms with Crippen LogP contribution in [-0.2, 0) is 20.8 Å². The molecule has 0 saturated carbocycles. The minimum atomic E-state index is -0.129. The number of carbonyl (C=O) groups excluding carboxylic acids is 1. The van der Waals surface area contributed by atoms with Gasteiger partial charge in [-0.25, -0.2) is 0 Å². The highest BCUT2D eigenvalue weighted by atomic mass is 16.5. The SMILES string of the molecule is COCc1ccc(C(=O)N[C@@H]2COCC[C@@H]2OCC=C(C)C)cc1. The number of hydrogen-bond acceptors (Lipinski definition) is 4. The average molecular weight is 333 g/mol. The van der Waals surface area contributed by atoms with Crippen LogP contribution >= 0.6 is 0 Å². The Morgan fingerprint density at radius 1 is 1.33 bits per heavy atom. The smallest absolute Gasteiger partial charge is 0.251 e. The summed E-state index contributed by atoms with van der Waals surface area (Å²) in [6, 6.07) is 7.30. The molecule has 1 heterocycles. The summed E-state index contributed by atoms with van der Waals surface area (Å²) in [5.74, 6) is -0.106. The number of ether oxygens (including phenoxy) is 3. The summed E-state index contributed by atoms with van der Waals surface area (Å²) in [5, 5.41) is 3.03. The monoisotopic (exact) mass is 333 g/mol. The Bertz CT molecular complexity index is 549. The molecule has 0 unspecified atom stereocenters. The van der Waals surface area contributed by atoms with E-state index < -0.39 is 0 Å². The molecule has 0 bridgehead atoms. The van der Waals surface area contributed by atoms with Gasteiger partial charge < -0.3 is 19.5 Å². The first-order valence-electron chi connectivity index (χ1n) is 8.31. The molecule has 24 heavy (non-hydrogen) atoms. The zero-order chi connectivity index (χ0) is 17.4. The van der Waals surface area contributed by atoms with E-state index in [1.165, 1.54) is 5.57 Å². The van der Waals surface area contributed by atoms with Crippen molar-refractivity contribution < 1.29 is 19.0 Å². The third-order valence-electron chi connectivity index (χ3n) is 3.94. The second-order valence-electron chi connectivity index (χ2n) is 6.23. The van der Waals surface area contributed by atoms with E-state index in [4.69, 9.17) is 14.2 Å². The topological polar surface area (TPSA) is 56.8 Å². The molecular weight excluding hydrogens is 306 g/mol. The van der Waals surface area contributed by atoms with Crippen molar-refractivity contribution in [2.24, 2.45) is 0 Å². The van der Waals surface area contributed by atoms with Gasteiger partial charge in [-0.1, -0.05) is 23.8 Å². The van der Waals surface area contributed by atoms with Crippen LogP contribution in [0.3, 0.4) is 0 Å². The number of amides is 1. The van der Waals surface area contributed by atoms with Gasteiger partial charge in [0.1, 0.15) is 0 Å². The zero-order valence-corrected chi connectivity index (χ0v) is 14.7. The summed E-state index contributed by atoms with van der Waals surface area (Å²) in [4.78, 5) is 12.4. The van der Waals surface area contributed by atoms with Crippen molar-refractivity contribution in [3.63, 3.8) is 0 Å². The number of carbonyl (C=O) groups is 1. The van der Waals surface area contributed by atoms with Gasteiger partial charge in [0, 0.05) is 19.3 Å². The standard InChI is InChI=1S/C19H27NO4/c1-14(2)8-11-24-18-9-10-23-13-17(18)20-19(21)16-6-4-15(5-7-16)12-22-3/h4-8,17-18H,9-13H2,1-3H3,(H,20,21)/t17-,18+/m1/s1. The zero-order valence-electron chi connectivity index (χ0n) is 14.7. The van der Waals surface area contributed by atoms with Crippen LogP contribution in [0.2, 0.25) is 0 Å². The van der Waals surface area contributed by atoms with Crippen LogP contribution in [0.4, 0.5) is 0 Å². The van der Waals surface area contributed by atoms with Gasteiger partial charge in [-0.3, -0.25) is 4.79 Å². The fourth-order valence-corrected chi connectivity index (χ4v) is 2.56. The number of allylic oxidation sites excluding steroid dienone is 1. The van der Waals surface area contributed by atoms with E-state index in [0.717, 1.165) is 12.0 Å². The molecule has 1 N–H and O–H groups in total. The van der Waals surface area contributed by atoms with E-state index in [2.05, 4.69) is 5.32 Å². The summed E-state index contributed by atoms with van der Waals surface area (Å²) < 4.78 is 16.5. The van der Waals surface area contributed by atoms with Gasteiger partial charge in [0.05, 0.1) is 32.0 Å². The van der Waals surface area contributed by atoms with Crippen molar-refractivity contribution in [3.8, 4) is 0 Å². The highest BCUT2D eigenvalue weighted by Crippen LogP contribution is 2.14. The van der Waals surface area contributed by atoms with Crippen LogP contribution < -0.4 is 5.32 Å². The first-order valence-corrected chi connectivity index (χ1v) is 8.31. The molecule has 1 amide bonds. The maximum Gasteiger partial charge on any atom is 0.251 e. The lowest BCUT2D eigenvalue weighted by molar-refractivity contribution is -0.0457. The van der Waals surface area contributed by atoms with E-state index in [0.29, 0.717) is 32.0 Å². The maximum absolute atomic E-state index is 12.4. The van der Waals surface area contributed by atoms with Gasteiger partial charge in [-0.15, -0.1) is 0 Å². The van der Waals surface area contributed by atoms with Gasteiger partial charge in [0.2, 0.25) is 0 Å². The van der Waals surface area contributed by atoms with E-state index >= 15 is 0 Å². The molecule has 1 aromatic rings. The summed E-state index contributed by atoms with van der Waals surface area (Å²) in [5.41, 5.74) is 2.89. The Labute approximate surface area is 144 Å². The largest absolute Gasteiger partial charge is 0.380 e. The van der Waals surface area contributed by atoms with Crippen molar-refractivity contribution in [1.82, 2.24) is 5.32 Å². The molecule has 0 aliphatic carbocycles. The summed E-state index contributed by atoms with van der Waals surface area (Å²) >= 11 is 0. The Morgan fingerprint density at radius 2 is 2.08 bits per heavy atom. The Kier molecular flexibility index (Phi) is 7.43. The van der Waals surface area contributed by atoms with Crippen molar-refractivity contribution in [2.45, 2.75) is 39.0 Å². The molecule has 5 heteroatoms. The highest BCUT2D eigenvalue weighted by Gasteiger charge is 2.28. The van der Waals surface area contributed by atoms with Crippen LogP contribution in [0.15, 0.2) is 35.9 Å². The van der Waals surface area contributed by atoms with Crippen LogP contribution in [0, 0.1) is 0 Å². The van der Waals surface area contributed by atoms with E-state index in [1.54, 1.807) is 7.11 Å². The highest BCUT2D eigenvalue weighted by molar-refractivity contribution is 5.94. The van der Waals surface area contributed by atoms with E-state index in [1.807, 2.05) is 44.2 Å². The molecule has 1 aliphatic heterocycles. The normalized spacial score (nSPS) is 20.5. The predicted molar refractivity (Wildman–Crippen MR) is 93.0 cm³/mol. The number of benzene rings is 1. The Morgan fingerprint density at radius 3 is 2.75 bits per heavy atom. The van der Waals surface area contributed by atoms with Crippen molar-refractivity contribution in [1.29, 1.82) is 0 Å². The minimum Gasteiger partial charge on any atom is -0.380 e. The molecule has 1 aliphatic rings. The van der Waals surface area contributed by atoms with Gasteiger partial charge in [-0.05, 0) is 38.0 Å². The molecule has 5 nitrogen and oxygen atoms in total. The number of hydrogen-bond donors (Lipinski definition) is 1. The van der Waals surface area contributed by atoms with Gasteiger partial charge in [0.15, 0.2) is 0 Å². The molecule has 2 atom stereocenters. The Balaban J connectivity index is 1.93. The average Bonchev–Trinajstić information content (AvgIpc) is 2.57. The van der Waals surface area contributed by atoms with Gasteiger partial charge in [-0.2, -0.15) is 0 Å². The van der Waals surface area contributed by atoms with Crippen LogP contribution in [0.1, 0.15) is 36.2 Å². The molecule has 0 spiro atoms. The fraction of sp³-hybridized carbons (Fsp3) is 0.526. The first kappa shape index (κ1) is 18.6. The maximum atomic E-state index is 12.4. The molecule has 1 saturated heterocycles.